The molecule has 1 unspecified atom stereocenters. The first-order chi connectivity index (χ1) is 11.1. The third kappa shape index (κ3) is 4.48. The van der Waals surface area contributed by atoms with Gasteiger partial charge in [-0.2, -0.15) is 0 Å². The van der Waals surface area contributed by atoms with Gasteiger partial charge in [0.2, 0.25) is 0 Å². The predicted molar refractivity (Wildman–Crippen MR) is 92.3 cm³/mol. The monoisotopic (exact) mass is 355 g/mol. The van der Waals surface area contributed by atoms with Crippen LogP contribution in [0.3, 0.4) is 0 Å². The molecule has 0 aromatic heterocycles. The molecule has 0 bridgehead atoms. The molecule has 0 saturated heterocycles. The Bertz CT molecular complexity index is 712. The highest BCUT2D eigenvalue weighted by Gasteiger charge is 2.37. The molecule has 1 aromatic carbocycles. The molecule has 6 nitrogen and oxygen atoms in total. The van der Waals surface area contributed by atoms with Gasteiger partial charge in [0.25, 0.3) is 0 Å². The average molecular weight is 355 g/mol. The van der Waals surface area contributed by atoms with E-state index in [1.165, 1.54) is 6.07 Å². The van der Waals surface area contributed by atoms with Crippen molar-refractivity contribution >= 4 is 15.8 Å². The zero-order valence-electron chi connectivity index (χ0n) is 14.3. The number of ether oxygens (including phenoxy) is 1. The zero-order valence-corrected chi connectivity index (χ0v) is 15.1. The molecule has 1 aromatic rings. The minimum Gasteiger partial charge on any atom is -0.486 e. The lowest BCUT2D eigenvalue weighted by atomic mass is 9.88. The molecule has 0 aliphatic carbocycles. The van der Waals surface area contributed by atoms with E-state index in [0.29, 0.717) is 18.6 Å². The molecule has 2 rings (SSSR count). The number of fused-ring (bicyclic) bond motifs is 1. The average Bonchev–Trinajstić information content (AvgIpc) is 2.49. The number of aromatic carboxylic acids is 1. The second kappa shape index (κ2) is 7.11. The third-order valence-electron chi connectivity index (χ3n) is 4.30. The number of hydrogen-bond acceptors (Lipinski definition) is 5. The summed E-state index contributed by atoms with van der Waals surface area (Å²) < 4.78 is 30.1. The summed E-state index contributed by atoms with van der Waals surface area (Å²) in [4.78, 5) is 11.1. The lowest BCUT2D eigenvalue weighted by Crippen LogP contribution is -2.55. The Labute approximate surface area is 143 Å². The zero-order chi connectivity index (χ0) is 18.0. The topological polar surface area (TPSA) is 92.7 Å². The van der Waals surface area contributed by atoms with E-state index in [2.05, 4.69) is 5.32 Å². The van der Waals surface area contributed by atoms with Gasteiger partial charge in [-0.15, -0.1) is 0 Å². The Kier molecular flexibility index (Phi) is 5.55. The fraction of sp³-hybridized carbons (Fsp3) is 0.588. The first-order valence-electron chi connectivity index (χ1n) is 8.13. The van der Waals surface area contributed by atoms with E-state index in [4.69, 9.17) is 9.84 Å². The van der Waals surface area contributed by atoms with Gasteiger partial charge in [0.05, 0.1) is 23.2 Å². The largest absolute Gasteiger partial charge is 0.486 e. The van der Waals surface area contributed by atoms with Crippen molar-refractivity contribution in [2.45, 2.75) is 51.7 Å². The van der Waals surface area contributed by atoms with Gasteiger partial charge < -0.3 is 9.84 Å². The van der Waals surface area contributed by atoms with Crippen molar-refractivity contribution in [2.75, 3.05) is 11.6 Å². The molecule has 0 radical (unpaired) electrons. The molecular weight excluding hydrogens is 330 g/mol. The first kappa shape index (κ1) is 18.7. The molecule has 2 N–H and O–H groups in total. The maximum Gasteiger partial charge on any atom is 0.335 e. The smallest absolute Gasteiger partial charge is 0.335 e. The van der Waals surface area contributed by atoms with E-state index < -0.39 is 21.4 Å². The van der Waals surface area contributed by atoms with Crippen LogP contribution in [0, 0.1) is 0 Å². The summed E-state index contributed by atoms with van der Waals surface area (Å²) in [7, 11) is -3.15. The molecule has 134 valence electrons. The van der Waals surface area contributed by atoms with Gasteiger partial charge in [0.15, 0.2) is 9.84 Å². The molecule has 1 heterocycles. The van der Waals surface area contributed by atoms with Gasteiger partial charge in [-0.3, -0.25) is 5.32 Å². The predicted octanol–water partition coefficient (Wildman–Crippen LogP) is 2.23. The van der Waals surface area contributed by atoms with Crippen LogP contribution < -0.4 is 10.1 Å². The van der Waals surface area contributed by atoms with E-state index >= 15 is 0 Å². The van der Waals surface area contributed by atoms with E-state index in [1.54, 1.807) is 12.1 Å². The number of nitrogens with one attached hydrogen (secondary N) is 1. The second-order valence-corrected chi connectivity index (χ2v) is 8.92. The van der Waals surface area contributed by atoms with E-state index in [-0.39, 0.29) is 23.2 Å². The number of carbonyl (C=O) groups is 1. The minimum absolute atomic E-state index is 0.0988. The summed E-state index contributed by atoms with van der Waals surface area (Å²) in [6, 6.07) is 4.55. The highest BCUT2D eigenvalue weighted by atomic mass is 32.2. The number of rotatable bonds is 7. The second-order valence-electron chi connectivity index (χ2n) is 6.74. The SMILES string of the molecule is CCCCS(=O)(=O)CNC1Cc2cc(C(=O)O)ccc2OC1(C)C. The Morgan fingerprint density at radius 2 is 2.12 bits per heavy atom. The molecule has 0 amide bonds. The molecule has 0 spiro atoms. The Morgan fingerprint density at radius 1 is 1.42 bits per heavy atom. The van der Waals surface area contributed by atoms with Crippen molar-refractivity contribution in [3.63, 3.8) is 0 Å². The first-order valence-corrected chi connectivity index (χ1v) is 9.96. The lowest BCUT2D eigenvalue weighted by Gasteiger charge is -2.40. The van der Waals surface area contributed by atoms with E-state index in [0.717, 1.165) is 12.0 Å². The van der Waals surface area contributed by atoms with Gasteiger partial charge in [0.1, 0.15) is 11.4 Å². The van der Waals surface area contributed by atoms with Crippen LogP contribution in [0.5, 0.6) is 5.75 Å². The highest BCUT2D eigenvalue weighted by Crippen LogP contribution is 2.34. The van der Waals surface area contributed by atoms with Gasteiger partial charge in [-0.05, 0) is 50.5 Å². The number of unbranched alkanes of at least 4 members (excludes halogenated alkanes) is 1. The van der Waals surface area contributed by atoms with Crippen LogP contribution in [0.4, 0.5) is 0 Å². The normalized spacial score (nSPS) is 19.4. The van der Waals surface area contributed by atoms with Crippen molar-refractivity contribution in [1.29, 1.82) is 0 Å². The summed E-state index contributed by atoms with van der Waals surface area (Å²) >= 11 is 0. The maximum atomic E-state index is 12.1. The van der Waals surface area contributed by atoms with Gasteiger partial charge in [-0.25, -0.2) is 13.2 Å². The van der Waals surface area contributed by atoms with Crippen molar-refractivity contribution in [3.8, 4) is 5.75 Å². The molecule has 1 atom stereocenters. The summed E-state index contributed by atoms with van der Waals surface area (Å²) in [6.45, 7) is 5.76. The van der Waals surface area contributed by atoms with E-state index in [1.807, 2.05) is 20.8 Å². The van der Waals surface area contributed by atoms with Gasteiger partial charge in [-0.1, -0.05) is 13.3 Å². The molecule has 0 fully saturated rings. The standard InChI is InChI=1S/C17H25NO5S/c1-4-5-8-24(21,22)11-18-15-10-13-9-12(16(19)20)6-7-14(13)23-17(15,2)3/h6-7,9,15,18H,4-5,8,10-11H2,1-3H3,(H,19,20). The van der Waals surface area contributed by atoms with Crippen molar-refractivity contribution in [1.82, 2.24) is 5.32 Å². The Hall–Kier alpha value is -1.60. The summed E-state index contributed by atoms with van der Waals surface area (Å²) in [5.41, 5.74) is 0.391. The molecule has 24 heavy (non-hydrogen) atoms. The van der Waals surface area contributed by atoms with Gasteiger partial charge >= 0.3 is 5.97 Å². The fourth-order valence-electron chi connectivity index (χ4n) is 2.77. The maximum absolute atomic E-state index is 12.1. The number of sulfone groups is 1. The van der Waals surface area contributed by atoms with Crippen LogP contribution in [-0.2, 0) is 16.3 Å². The number of hydrogen-bond donors (Lipinski definition) is 2. The summed E-state index contributed by atoms with van der Waals surface area (Å²) in [5, 5.41) is 12.2. The van der Waals surface area contributed by atoms with Crippen LogP contribution in [0.25, 0.3) is 0 Å². The molecular formula is C17H25NO5S. The van der Waals surface area contributed by atoms with Crippen molar-refractivity contribution < 1.29 is 23.1 Å². The van der Waals surface area contributed by atoms with Crippen LogP contribution in [0.15, 0.2) is 18.2 Å². The summed E-state index contributed by atoms with van der Waals surface area (Å²) in [5.74, 6) is -0.269. The minimum atomic E-state index is -3.15. The van der Waals surface area contributed by atoms with E-state index in [9.17, 15) is 13.2 Å². The molecule has 1 aliphatic rings. The van der Waals surface area contributed by atoms with Crippen LogP contribution >= 0.6 is 0 Å². The third-order valence-corrected chi connectivity index (χ3v) is 5.82. The van der Waals surface area contributed by atoms with Crippen LogP contribution in [0.1, 0.15) is 49.5 Å². The Morgan fingerprint density at radius 3 is 2.75 bits per heavy atom. The molecule has 1 aliphatic heterocycles. The Balaban J connectivity index is 2.14. The number of carboxylic acids is 1. The number of benzene rings is 1. The fourth-order valence-corrected chi connectivity index (χ4v) is 4.10. The summed E-state index contributed by atoms with van der Waals surface area (Å²) in [6.07, 6.45) is 2.01. The number of carboxylic acid groups (broad SMARTS) is 1. The molecule has 7 heteroatoms. The van der Waals surface area contributed by atoms with Crippen molar-refractivity contribution in [3.05, 3.63) is 29.3 Å². The molecule has 0 saturated carbocycles. The highest BCUT2D eigenvalue weighted by molar-refractivity contribution is 7.91. The van der Waals surface area contributed by atoms with Crippen molar-refractivity contribution in [2.24, 2.45) is 0 Å². The van der Waals surface area contributed by atoms with Crippen LogP contribution in [-0.4, -0.2) is 42.8 Å². The quantitative estimate of drug-likeness (QED) is 0.779. The van der Waals surface area contributed by atoms with Crippen LogP contribution in [0.2, 0.25) is 0 Å². The lowest BCUT2D eigenvalue weighted by molar-refractivity contribution is 0.0505. The van der Waals surface area contributed by atoms with Gasteiger partial charge in [0, 0.05) is 0 Å².